The molecule has 0 fully saturated rings. The Hall–Kier alpha value is -3.99. The van der Waals surface area contributed by atoms with Gasteiger partial charge in [0.05, 0.1) is 16.6 Å². The minimum Gasteiger partial charge on any atom is -0.322 e. The van der Waals surface area contributed by atoms with Gasteiger partial charge in [-0.2, -0.15) is 17.7 Å². The van der Waals surface area contributed by atoms with Crippen molar-refractivity contribution in [3.05, 3.63) is 83.9 Å². The predicted octanol–water partition coefficient (Wildman–Crippen LogP) is 5.09. The first-order valence-corrected chi connectivity index (χ1v) is 10.4. The molecule has 3 aromatic carbocycles. The van der Waals surface area contributed by atoms with Gasteiger partial charge in [0.2, 0.25) is 5.65 Å². The highest BCUT2D eigenvalue weighted by molar-refractivity contribution is 7.99. The summed E-state index contributed by atoms with van der Waals surface area (Å²) in [6.07, 6.45) is -4.45. The summed E-state index contributed by atoms with van der Waals surface area (Å²) in [6, 6.07) is 18.6. The van der Waals surface area contributed by atoms with Gasteiger partial charge in [0, 0.05) is 16.1 Å². The van der Waals surface area contributed by atoms with E-state index in [0.717, 1.165) is 40.2 Å². The van der Waals surface area contributed by atoms with E-state index in [4.69, 9.17) is 0 Å². The molecule has 0 aliphatic carbocycles. The van der Waals surface area contributed by atoms with Crippen molar-refractivity contribution in [2.45, 2.75) is 16.1 Å². The number of halogens is 3. The summed E-state index contributed by atoms with van der Waals surface area (Å²) < 4.78 is 39.7. The zero-order valence-corrected chi connectivity index (χ0v) is 17.4. The number of benzene rings is 3. The summed E-state index contributed by atoms with van der Waals surface area (Å²) in [5, 5.41) is 15.2. The Morgan fingerprint density at radius 3 is 2.39 bits per heavy atom. The van der Waals surface area contributed by atoms with E-state index in [1.165, 1.54) is 11.8 Å². The van der Waals surface area contributed by atoms with E-state index in [1.807, 2.05) is 24.3 Å². The quantitative estimate of drug-likeness (QED) is 0.397. The summed E-state index contributed by atoms with van der Waals surface area (Å²) in [7, 11) is 0. The average molecular weight is 466 g/mol. The van der Waals surface area contributed by atoms with Crippen LogP contribution in [-0.2, 0) is 6.18 Å². The molecule has 0 saturated carbocycles. The van der Waals surface area contributed by atoms with E-state index in [9.17, 15) is 18.0 Å². The molecule has 0 aliphatic heterocycles. The largest absolute Gasteiger partial charge is 0.416 e. The van der Waals surface area contributed by atoms with E-state index in [0.29, 0.717) is 16.4 Å². The zero-order valence-electron chi connectivity index (χ0n) is 16.6. The van der Waals surface area contributed by atoms with Crippen molar-refractivity contribution in [2.75, 3.05) is 5.32 Å². The molecule has 0 unspecified atom stereocenters. The molecule has 7 nitrogen and oxygen atoms in total. The van der Waals surface area contributed by atoms with Gasteiger partial charge in [0.25, 0.3) is 5.91 Å². The number of hydrogen-bond acceptors (Lipinski definition) is 6. The van der Waals surface area contributed by atoms with Crippen LogP contribution >= 0.6 is 11.8 Å². The Morgan fingerprint density at radius 2 is 1.67 bits per heavy atom. The molecule has 33 heavy (non-hydrogen) atoms. The van der Waals surface area contributed by atoms with Gasteiger partial charge in [-0.15, -0.1) is 5.10 Å². The maximum atomic E-state index is 12.7. The van der Waals surface area contributed by atoms with Crippen molar-refractivity contribution in [3.63, 3.8) is 0 Å². The van der Waals surface area contributed by atoms with Crippen LogP contribution in [0.5, 0.6) is 0 Å². The summed E-state index contributed by atoms with van der Waals surface area (Å²) in [5.41, 5.74) is 1.90. The summed E-state index contributed by atoms with van der Waals surface area (Å²) in [4.78, 5) is 17.9. The van der Waals surface area contributed by atoms with Crippen molar-refractivity contribution < 1.29 is 18.0 Å². The predicted molar refractivity (Wildman–Crippen MR) is 116 cm³/mol. The number of hydrogen-bond donors (Lipinski definition) is 1. The fraction of sp³-hybridized carbons (Fsp3) is 0.0455. The number of alkyl halides is 3. The maximum Gasteiger partial charge on any atom is 0.416 e. The molecule has 0 aliphatic rings. The number of rotatable bonds is 4. The smallest absolute Gasteiger partial charge is 0.322 e. The SMILES string of the molecule is O=C(Nc1ccc(Sc2nc3ccccc3n3nnnc23)cc1)c1ccc(C(F)(F)F)cc1. The minimum absolute atomic E-state index is 0.128. The van der Waals surface area contributed by atoms with Gasteiger partial charge in [0.1, 0.15) is 5.03 Å². The third kappa shape index (κ3) is 4.22. The van der Waals surface area contributed by atoms with Crippen LogP contribution in [0.25, 0.3) is 16.7 Å². The summed E-state index contributed by atoms with van der Waals surface area (Å²) in [6.45, 7) is 0. The zero-order chi connectivity index (χ0) is 23.0. The highest BCUT2D eigenvalue weighted by Gasteiger charge is 2.30. The van der Waals surface area contributed by atoms with E-state index < -0.39 is 17.6 Å². The van der Waals surface area contributed by atoms with Crippen molar-refractivity contribution in [1.82, 2.24) is 25.0 Å². The third-order valence-corrected chi connectivity index (χ3v) is 5.77. The van der Waals surface area contributed by atoms with E-state index in [1.54, 1.807) is 28.8 Å². The second-order valence-electron chi connectivity index (χ2n) is 6.98. The molecule has 0 bridgehead atoms. The van der Waals surface area contributed by atoms with Gasteiger partial charge < -0.3 is 5.32 Å². The number of nitrogens with zero attached hydrogens (tertiary/aromatic N) is 5. The van der Waals surface area contributed by atoms with Crippen molar-refractivity contribution in [2.24, 2.45) is 0 Å². The van der Waals surface area contributed by atoms with Crippen LogP contribution in [0.1, 0.15) is 15.9 Å². The van der Waals surface area contributed by atoms with Crippen LogP contribution in [0.15, 0.2) is 82.7 Å². The van der Waals surface area contributed by atoms with E-state index >= 15 is 0 Å². The average Bonchev–Trinajstić information content (AvgIpc) is 3.31. The lowest BCUT2D eigenvalue weighted by molar-refractivity contribution is -0.137. The molecule has 164 valence electrons. The fourth-order valence-corrected chi connectivity index (χ4v) is 4.04. The van der Waals surface area contributed by atoms with Crippen LogP contribution in [0.3, 0.4) is 0 Å². The van der Waals surface area contributed by atoms with Crippen LogP contribution < -0.4 is 5.32 Å². The Bertz CT molecular complexity index is 1470. The fourth-order valence-electron chi connectivity index (χ4n) is 3.18. The lowest BCUT2D eigenvalue weighted by Crippen LogP contribution is -2.12. The Morgan fingerprint density at radius 1 is 0.939 bits per heavy atom. The highest BCUT2D eigenvalue weighted by Crippen LogP contribution is 2.31. The first-order valence-electron chi connectivity index (χ1n) is 9.62. The lowest BCUT2D eigenvalue weighted by Gasteiger charge is -2.09. The molecule has 5 aromatic rings. The molecule has 11 heteroatoms. The number of para-hydroxylation sites is 2. The number of fused-ring (bicyclic) bond motifs is 3. The first-order chi connectivity index (χ1) is 15.9. The molecule has 0 spiro atoms. The number of carbonyl (C=O) groups is 1. The second-order valence-corrected chi connectivity index (χ2v) is 8.04. The molecule has 0 radical (unpaired) electrons. The number of anilines is 1. The van der Waals surface area contributed by atoms with Crippen molar-refractivity contribution in [3.8, 4) is 0 Å². The molecule has 0 atom stereocenters. The van der Waals surface area contributed by atoms with Crippen LogP contribution in [0, 0.1) is 0 Å². The molecule has 2 heterocycles. The van der Waals surface area contributed by atoms with E-state index in [2.05, 4.69) is 25.8 Å². The number of tetrazole rings is 1. The van der Waals surface area contributed by atoms with Gasteiger partial charge in [-0.3, -0.25) is 4.79 Å². The normalized spacial score (nSPS) is 11.7. The number of carbonyl (C=O) groups excluding carboxylic acids is 1. The minimum atomic E-state index is -4.45. The molecule has 1 amide bonds. The molecule has 5 rings (SSSR count). The Balaban J connectivity index is 1.33. The molecule has 1 N–H and O–H groups in total. The summed E-state index contributed by atoms with van der Waals surface area (Å²) in [5.74, 6) is -0.503. The highest BCUT2D eigenvalue weighted by atomic mass is 32.2. The Labute approximate surface area is 188 Å². The standard InChI is InChI=1S/C22H13F3N6OS/c23-22(24,25)14-7-5-13(6-8-14)20(32)26-15-9-11-16(12-10-15)33-21-19-28-29-30-31(19)18-4-2-1-3-17(18)27-21/h1-12H,(H,26,32). The molecule has 2 aromatic heterocycles. The first kappa shape index (κ1) is 20.9. The molecule has 0 saturated heterocycles. The van der Waals surface area contributed by atoms with Crippen LogP contribution in [-0.4, -0.2) is 30.9 Å². The van der Waals surface area contributed by atoms with Crippen LogP contribution in [0.2, 0.25) is 0 Å². The van der Waals surface area contributed by atoms with Gasteiger partial charge in [0.15, 0.2) is 0 Å². The molecular weight excluding hydrogens is 453 g/mol. The van der Waals surface area contributed by atoms with Crippen molar-refractivity contribution >= 4 is 40.0 Å². The maximum absolute atomic E-state index is 12.7. The number of aromatic nitrogens is 5. The topological polar surface area (TPSA) is 85.1 Å². The lowest BCUT2D eigenvalue weighted by atomic mass is 10.1. The van der Waals surface area contributed by atoms with Gasteiger partial charge in [-0.05, 0) is 71.1 Å². The number of nitrogens with one attached hydrogen (secondary N) is 1. The third-order valence-electron chi connectivity index (χ3n) is 4.79. The van der Waals surface area contributed by atoms with E-state index in [-0.39, 0.29) is 5.56 Å². The van der Waals surface area contributed by atoms with Gasteiger partial charge >= 0.3 is 6.18 Å². The van der Waals surface area contributed by atoms with Crippen molar-refractivity contribution in [1.29, 1.82) is 0 Å². The van der Waals surface area contributed by atoms with Gasteiger partial charge in [-0.25, -0.2) is 4.98 Å². The Kier molecular flexibility index (Phi) is 5.17. The monoisotopic (exact) mass is 466 g/mol. The van der Waals surface area contributed by atoms with Crippen LogP contribution in [0.4, 0.5) is 18.9 Å². The molecular formula is C22H13F3N6OS. The second kappa shape index (κ2) is 8.17. The summed E-state index contributed by atoms with van der Waals surface area (Å²) >= 11 is 1.37. The van der Waals surface area contributed by atoms with Gasteiger partial charge in [-0.1, -0.05) is 23.9 Å². The number of amides is 1.